The fourth-order valence-corrected chi connectivity index (χ4v) is 3.47. The smallest absolute Gasteiger partial charge is 0.125 e. The van der Waals surface area contributed by atoms with Gasteiger partial charge in [0.15, 0.2) is 0 Å². The van der Waals surface area contributed by atoms with Gasteiger partial charge in [-0.15, -0.1) is 0 Å². The molecular formula is C18H31N3O2. The summed E-state index contributed by atoms with van der Waals surface area (Å²) >= 11 is 0. The average molecular weight is 321 g/mol. The summed E-state index contributed by atoms with van der Waals surface area (Å²) in [5.74, 6) is 0.875. The number of aromatic nitrogens is 2. The molecule has 3 N–H and O–H groups in total. The largest absolute Gasteiger partial charge is 0.396 e. The SMILES string of the molecule is Cc1nccc(C[C@@H]2[C@@H](CO)[C@H](O)C[C@H]2NCCC(C)(C)C)n1. The minimum Gasteiger partial charge on any atom is -0.396 e. The molecule has 1 saturated carbocycles. The van der Waals surface area contributed by atoms with E-state index in [0.29, 0.717) is 11.8 Å². The van der Waals surface area contributed by atoms with Gasteiger partial charge in [0.25, 0.3) is 0 Å². The number of rotatable bonds is 6. The molecule has 0 amide bonds. The standard InChI is InChI=1S/C18H31N3O2/c1-12-19-7-5-13(21-12)9-14-15(11-22)17(23)10-16(14)20-8-6-18(2,3)4/h5,7,14-17,20,22-23H,6,8-11H2,1-4H3/t14-,15-,16-,17-/m1/s1. The lowest BCUT2D eigenvalue weighted by atomic mass is 9.88. The van der Waals surface area contributed by atoms with E-state index in [1.54, 1.807) is 6.20 Å². The summed E-state index contributed by atoms with van der Waals surface area (Å²) < 4.78 is 0. The van der Waals surface area contributed by atoms with Crippen LogP contribution in [-0.4, -0.2) is 45.5 Å². The molecule has 1 fully saturated rings. The van der Waals surface area contributed by atoms with Crippen LogP contribution in [0, 0.1) is 24.2 Å². The Morgan fingerprint density at radius 2 is 2.04 bits per heavy atom. The number of nitrogens with one attached hydrogen (secondary N) is 1. The Hall–Kier alpha value is -1.04. The molecule has 0 radical (unpaired) electrons. The lowest BCUT2D eigenvalue weighted by Crippen LogP contribution is -2.37. The summed E-state index contributed by atoms with van der Waals surface area (Å²) in [6.45, 7) is 9.53. The molecule has 0 aliphatic heterocycles. The summed E-state index contributed by atoms with van der Waals surface area (Å²) in [5, 5.41) is 23.6. The first-order valence-electron chi connectivity index (χ1n) is 8.61. The highest BCUT2D eigenvalue weighted by Gasteiger charge is 2.41. The summed E-state index contributed by atoms with van der Waals surface area (Å²) in [6.07, 6.45) is 3.88. The van der Waals surface area contributed by atoms with E-state index in [1.165, 1.54) is 0 Å². The number of aliphatic hydroxyl groups is 2. The van der Waals surface area contributed by atoms with E-state index in [-0.39, 0.29) is 24.5 Å². The van der Waals surface area contributed by atoms with Crippen LogP contribution in [0.3, 0.4) is 0 Å². The highest BCUT2D eigenvalue weighted by Crippen LogP contribution is 2.34. The van der Waals surface area contributed by atoms with Gasteiger partial charge in [0, 0.05) is 30.5 Å². The van der Waals surface area contributed by atoms with E-state index in [4.69, 9.17) is 0 Å². The lowest BCUT2D eigenvalue weighted by molar-refractivity contribution is 0.0716. The van der Waals surface area contributed by atoms with Gasteiger partial charge in [-0.3, -0.25) is 0 Å². The topological polar surface area (TPSA) is 78.3 Å². The molecule has 1 aliphatic carbocycles. The fraction of sp³-hybridized carbons (Fsp3) is 0.778. The molecule has 1 aromatic rings. The summed E-state index contributed by atoms with van der Waals surface area (Å²) in [5.41, 5.74) is 1.28. The third-order valence-corrected chi connectivity index (χ3v) is 4.83. The maximum atomic E-state index is 10.3. The second kappa shape index (κ2) is 7.69. The van der Waals surface area contributed by atoms with Crippen LogP contribution < -0.4 is 5.32 Å². The Morgan fingerprint density at radius 3 is 2.65 bits per heavy atom. The van der Waals surface area contributed by atoms with Crippen molar-refractivity contribution in [3.63, 3.8) is 0 Å². The van der Waals surface area contributed by atoms with Gasteiger partial charge in [-0.1, -0.05) is 20.8 Å². The highest BCUT2D eigenvalue weighted by atomic mass is 16.3. The van der Waals surface area contributed by atoms with Gasteiger partial charge in [-0.25, -0.2) is 9.97 Å². The zero-order valence-corrected chi connectivity index (χ0v) is 14.8. The number of nitrogens with zero attached hydrogens (tertiary/aromatic N) is 2. The van der Waals surface area contributed by atoms with Crippen molar-refractivity contribution in [3.05, 3.63) is 23.8 Å². The molecular weight excluding hydrogens is 290 g/mol. The second-order valence-electron chi connectivity index (χ2n) is 7.98. The Kier molecular flexibility index (Phi) is 6.12. The van der Waals surface area contributed by atoms with E-state index >= 15 is 0 Å². The minimum atomic E-state index is -0.444. The zero-order valence-electron chi connectivity index (χ0n) is 14.8. The predicted octanol–water partition coefficient (Wildman–Crippen LogP) is 1.71. The molecule has 23 heavy (non-hydrogen) atoms. The number of aliphatic hydroxyl groups excluding tert-OH is 2. The molecule has 0 saturated heterocycles. The van der Waals surface area contributed by atoms with E-state index in [2.05, 4.69) is 36.1 Å². The van der Waals surface area contributed by atoms with Crippen LogP contribution in [0.15, 0.2) is 12.3 Å². The molecule has 1 heterocycles. The van der Waals surface area contributed by atoms with Crippen LogP contribution >= 0.6 is 0 Å². The quantitative estimate of drug-likeness (QED) is 0.743. The summed E-state index contributed by atoms with van der Waals surface area (Å²) in [7, 11) is 0. The summed E-state index contributed by atoms with van der Waals surface area (Å²) in [6, 6.07) is 2.15. The monoisotopic (exact) mass is 321 g/mol. The van der Waals surface area contributed by atoms with Crippen molar-refractivity contribution in [2.24, 2.45) is 17.3 Å². The van der Waals surface area contributed by atoms with Crippen molar-refractivity contribution in [3.8, 4) is 0 Å². The van der Waals surface area contributed by atoms with Gasteiger partial charge in [0.05, 0.1) is 6.10 Å². The van der Waals surface area contributed by atoms with Crippen molar-refractivity contribution in [2.45, 2.75) is 59.1 Å². The Bertz CT molecular complexity index is 501. The normalized spacial score (nSPS) is 28.3. The minimum absolute atomic E-state index is 0.0212. The third kappa shape index (κ3) is 5.23. The summed E-state index contributed by atoms with van der Waals surface area (Å²) in [4.78, 5) is 8.62. The molecule has 130 valence electrons. The van der Waals surface area contributed by atoms with Gasteiger partial charge < -0.3 is 15.5 Å². The first-order chi connectivity index (χ1) is 10.8. The number of aryl methyl sites for hydroxylation is 1. The molecule has 1 aliphatic rings. The Morgan fingerprint density at radius 1 is 1.30 bits per heavy atom. The molecule has 0 spiro atoms. The van der Waals surface area contributed by atoms with Crippen LogP contribution in [0.4, 0.5) is 0 Å². The molecule has 4 atom stereocenters. The molecule has 1 aromatic heterocycles. The zero-order chi connectivity index (χ0) is 17.0. The van der Waals surface area contributed by atoms with Crippen LogP contribution in [-0.2, 0) is 6.42 Å². The molecule has 0 unspecified atom stereocenters. The Labute approximate surface area is 139 Å². The predicted molar refractivity (Wildman–Crippen MR) is 91.0 cm³/mol. The van der Waals surface area contributed by atoms with Crippen LogP contribution in [0.25, 0.3) is 0 Å². The van der Waals surface area contributed by atoms with Crippen molar-refractivity contribution < 1.29 is 10.2 Å². The van der Waals surface area contributed by atoms with Crippen molar-refractivity contribution >= 4 is 0 Å². The third-order valence-electron chi connectivity index (χ3n) is 4.83. The van der Waals surface area contributed by atoms with E-state index in [1.807, 2.05) is 13.0 Å². The lowest BCUT2D eigenvalue weighted by Gasteiger charge is -2.26. The second-order valence-corrected chi connectivity index (χ2v) is 7.98. The van der Waals surface area contributed by atoms with Gasteiger partial charge >= 0.3 is 0 Å². The van der Waals surface area contributed by atoms with Gasteiger partial charge in [0.2, 0.25) is 0 Å². The van der Waals surface area contributed by atoms with Crippen molar-refractivity contribution in [1.82, 2.24) is 15.3 Å². The van der Waals surface area contributed by atoms with Gasteiger partial charge in [-0.05, 0) is 50.1 Å². The average Bonchev–Trinajstić information content (AvgIpc) is 2.73. The van der Waals surface area contributed by atoms with Crippen LogP contribution in [0.2, 0.25) is 0 Å². The maximum Gasteiger partial charge on any atom is 0.125 e. The fourth-order valence-electron chi connectivity index (χ4n) is 3.47. The first kappa shape index (κ1) is 18.3. The Balaban J connectivity index is 2.04. The van der Waals surface area contributed by atoms with E-state index < -0.39 is 6.10 Å². The highest BCUT2D eigenvalue weighted by molar-refractivity contribution is 5.07. The number of hydrogen-bond donors (Lipinski definition) is 3. The molecule has 5 nitrogen and oxygen atoms in total. The van der Waals surface area contributed by atoms with Crippen LogP contribution in [0.5, 0.6) is 0 Å². The molecule has 0 bridgehead atoms. The molecule has 0 aromatic carbocycles. The van der Waals surface area contributed by atoms with Gasteiger partial charge in [0.1, 0.15) is 5.82 Å². The molecule has 2 rings (SSSR count). The van der Waals surface area contributed by atoms with Crippen molar-refractivity contribution in [2.75, 3.05) is 13.2 Å². The van der Waals surface area contributed by atoms with E-state index in [9.17, 15) is 10.2 Å². The van der Waals surface area contributed by atoms with Crippen LogP contribution in [0.1, 0.15) is 45.1 Å². The number of hydrogen-bond acceptors (Lipinski definition) is 5. The van der Waals surface area contributed by atoms with Crippen molar-refractivity contribution in [1.29, 1.82) is 0 Å². The van der Waals surface area contributed by atoms with E-state index in [0.717, 1.165) is 30.9 Å². The molecule has 5 heteroatoms. The van der Waals surface area contributed by atoms with Gasteiger partial charge in [-0.2, -0.15) is 0 Å². The maximum absolute atomic E-state index is 10.3. The first-order valence-corrected chi connectivity index (χ1v) is 8.61.